The molecule has 1 aromatic rings. The van der Waals surface area contributed by atoms with E-state index in [2.05, 4.69) is 25.0 Å². The van der Waals surface area contributed by atoms with Crippen LogP contribution < -0.4 is 0 Å². The van der Waals surface area contributed by atoms with Crippen molar-refractivity contribution >= 4 is 0 Å². The van der Waals surface area contributed by atoms with Crippen molar-refractivity contribution < 1.29 is 5.11 Å². The average molecular weight is 234 g/mol. The van der Waals surface area contributed by atoms with Crippen LogP contribution in [0, 0.1) is 0 Å². The van der Waals surface area contributed by atoms with Crippen molar-refractivity contribution in [2.24, 2.45) is 0 Å². The lowest BCUT2D eigenvalue weighted by atomic mass is 9.94. The molecule has 1 aliphatic rings. The highest BCUT2D eigenvalue weighted by Gasteiger charge is 2.19. The number of hydrogen-bond acceptors (Lipinski definition) is 2. The van der Waals surface area contributed by atoms with Gasteiger partial charge in [-0.15, -0.1) is 0 Å². The smallest absolute Gasteiger partial charge is 0.117 e. The molecular formula is C14H22N2O. The Morgan fingerprint density at radius 3 is 2.82 bits per heavy atom. The van der Waals surface area contributed by atoms with Crippen LogP contribution in [0.25, 0.3) is 0 Å². The number of nitrogens with zero attached hydrogens (tertiary/aromatic N) is 2. The van der Waals surface area contributed by atoms with Crippen molar-refractivity contribution in [1.82, 2.24) is 9.78 Å². The molecule has 17 heavy (non-hydrogen) atoms. The number of aromatic nitrogens is 2. The van der Waals surface area contributed by atoms with Crippen molar-refractivity contribution in [2.45, 2.75) is 58.6 Å². The van der Waals surface area contributed by atoms with E-state index in [0.29, 0.717) is 0 Å². The van der Waals surface area contributed by atoms with Crippen LogP contribution in [0.2, 0.25) is 0 Å². The lowest BCUT2D eigenvalue weighted by Gasteiger charge is -2.19. The molecule has 1 N–H and O–H groups in total. The molecule has 1 unspecified atom stereocenters. The minimum Gasteiger partial charge on any atom is -0.382 e. The summed E-state index contributed by atoms with van der Waals surface area (Å²) in [6.07, 6.45) is 7.25. The molecule has 2 rings (SSSR count). The quantitative estimate of drug-likeness (QED) is 0.813. The second-order valence-electron chi connectivity index (χ2n) is 4.66. The molecule has 94 valence electrons. The Morgan fingerprint density at radius 1 is 1.41 bits per heavy atom. The molecule has 3 heteroatoms. The van der Waals surface area contributed by atoms with Gasteiger partial charge in [0.05, 0.1) is 11.4 Å². The van der Waals surface area contributed by atoms with Gasteiger partial charge in [0.2, 0.25) is 0 Å². The summed E-state index contributed by atoms with van der Waals surface area (Å²) in [5.41, 5.74) is 3.20. The third-order valence-corrected chi connectivity index (χ3v) is 3.48. The Kier molecular flexibility index (Phi) is 4.00. The zero-order chi connectivity index (χ0) is 12.3. The van der Waals surface area contributed by atoms with E-state index in [4.69, 9.17) is 0 Å². The van der Waals surface area contributed by atoms with E-state index in [1.165, 1.54) is 18.4 Å². The first-order chi connectivity index (χ1) is 8.26. The van der Waals surface area contributed by atoms with Crippen LogP contribution in [0.3, 0.4) is 0 Å². The summed E-state index contributed by atoms with van der Waals surface area (Å²) in [6, 6.07) is 2.05. The van der Waals surface area contributed by atoms with Gasteiger partial charge in [0.15, 0.2) is 0 Å². The maximum absolute atomic E-state index is 10.4. The van der Waals surface area contributed by atoms with Crippen molar-refractivity contribution in [3.05, 3.63) is 29.1 Å². The predicted molar refractivity (Wildman–Crippen MR) is 68.8 cm³/mol. The molecule has 0 saturated carbocycles. The molecule has 1 atom stereocenters. The van der Waals surface area contributed by atoms with Crippen LogP contribution in [-0.2, 0) is 13.0 Å². The summed E-state index contributed by atoms with van der Waals surface area (Å²) in [6.45, 7) is 4.98. The normalized spacial score (nSPS) is 17.9. The van der Waals surface area contributed by atoms with Gasteiger partial charge in [0.25, 0.3) is 0 Å². The van der Waals surface area contributed by atoms with Crippen LogP contribution in [0.5, 0.6) is 0 Å². The minimum atomic E-state index is -0.456. The van der Waals surface area contributed by atoms with E-state index in [0.717, 1.165) is 37.2 Å². The van der Waals surface area contributed by atoms with Gasteiger partial charge in [-0.2, -0.15) is 5.10 Å². The van der Waals surface area contributed by atoms with Crippen LogP contribution in [0.1, 0.15) is 57.0 Å². The molecule has 1 aromatic heterocycles. The number of aliphatic hydroxyl groups excluding tert-OH is 1. The number of allylic oxidation sites excluding steroid dienone is 1. The van der Waals surface area contributed by atoms with E-state index in [-0.39, 0.29) is 0 Å². The van der Waals surface area contributed by atoms with Gasteiger partial charge in [-0.25, -0.2) is 0 Å². The summed E-state index contributed by atoms with van der Waals surface area (Å²) >= 11 is 0. The highest BCUT2D eigenvalue weighted by molar-refractivity contribution is 5.23. The third kappa shape index (κ3) is 2.60. The van der Waals surface area contributed by atoms with E-state index in [1.54, 1.807) is 0 Å². The first-order valence-corrected chi connectivity index (χ1v) is 6.69. The van der Waals surface area contributed by atoms with Crippen LogP contribution in [0.4, 0.5) is 0 Å². The molecule has 3 nitrogen and oxygen atoms in total. The minimum absolute atomic E-state index is 0.456. The summed E-state index contributed by atoms with van der Waals surface area (Å²) in [7, 11) is 0. The van der Waals surface area contributed by atoms with Crippen molar-refractivity contribution in [3.63, 3.8) is 0 Å². The molecular weight excluding hydrogens is 212 g/mol. The highest BCUT2D eigenvalue weighted by Crippen LogP contribution is 2.30. The fraction of sp³-hybridized carbons (Fsp3) is 0.643. The highest BCUT2D eigenvalue weighted by atomic mass is 16.3. The average Bonchev–Trinajstić information content (AvgIpc) is 2.82. The van der Waals surface area contributed by atoms with Gasteiger partial charge < -0.3 is 5.11 Å². The van der Waals surface area contributed by atoms with E-state index < -0.39 is 6.10 Å². The van der Waals surface area contributed by atoms with Gasteiger partial charge in [0.1, 0.15) is 6.10 Å². The molecule has 0 saturated heterocycles. The van der Waals surface area contributed by atoms with Gasteiger partial charge >= 0.3 is 0 Å². The van der Waals surface area contributed by atoms with Gasteiger partial charge in [-0.05, 0) is 50.7 Å². The van der Waals surface area contributed by atoms with Crippen molar-refractivity contribution in [2.75, 3.05) is 0 Å². The number of aryl methyl sites for hydroxylation is 2. The monoisotopic (exact) mass is 234 g/mol. The van der Waals surface area contributed by atoms with E-state index >= 15 is 0 Å². The van der Waals surface area contributed by atoms with E-state index in [9.17, 15) is 5.11 Å². The van der Waals surface area contributed by atoms with Crippen LogP contribution in [0.15, 0.2) is 17.7 Å². The summed E-state index contributed by atoms with van der Waals surface area (Å²) in [4.78, 5) is 0. The molecule has 0 radical (unpaired) electrons. The SMILES string of the molecule is CCc1cc(C(O)C2=CCCCC2)n(CC)n1. The van der Waals surface area contributed by atoms with E-state index in [1.807, 2.05) is 10.7 Å². The molecule has 1 aliphatic carbocycles. The first kappa shape index (κ1) is 12.4. The number of hydrogen-bond donors (Lipinski definition) is 1. The standard InChI is InChI=1S/C14H22N2O/c1-3-12-10-13(16(4-2)15-12)14(17)11-8-6-5-7-9-11/h8,10,14,17H,3-7,9H2,1-2H3. The third-order valence-electron chi connectivity index (χ3n) is 3.48. The number of aliphatic hydroxyl groups is 1. The summed E-state index contributed by atoms with van der Waals surface area (Å²) in [5, 5.41) is 14.9. The molecule has 0 aliphatic heterocycles. The van der Waals surface area contributed by atoms with Crippen LogP contribution in [-0.4, -0.2) is 14.9 Å². The zero-order valence-electron chi connectivity index (χ0n) is 10.8. The molecule has 0 bridgehead atoms. The Labute approximate surface area is 103 Å². The fourth-order valence-electron chi connectivity index (χ4n) is 2.43. The molecule has 0 fully saturated rings. The molecule has 0 aromatic carbocycles. The molecule has 1 heterocycles. The molecule has 0 amide bonds. The lowest BCUT2D eigenvalue weighted by Crippen LogP contribution is -2.11. The number of rotatable bonds is 4. The Morgan fingerprint density at radius 2 is 2.24 bits per heavy atom. The Bertz CT molecular complexity index is 406. The summed E-state index contributed by atoms with van der Waals surface area (Å²) < 4.78 is 1.93. The van der Waals surface area contributed by atoms with Gasteiger partial charge in [-0.1, -0.05) is 13.0 Å². The van der Waals surface area contributed by atoms with Crippen molar-refractivity contribution in [1.29, 1.82) is 0 Å². The second kappa shape index (κ2) is 5.50. The zero-order valence-corrected chi connectivity index (χ0v) is 10.8. The maximum Gasteiger partial charge on any atom is 0.117 e. The molecule has 0 spiro atoms. The topological polar surface area (TPSA) is 38.0 Å². The Hall–Kier alpha value is -1.09. The van der Waals surface area contributed by atoms with Gasteiger partial charge in [-0.3, -0.25) is 4.68 Å². The first-order valence-electron chi connectivity index (χ1n) is 6.69. The van der Waals surface area contributed by atoms with Crippen LogP contribution >= 0.6 is 0 Å². The largest absolute Gasteiger partial charge is 0.382 e. The predicted octanol–water partition coefficient (Wildman–Crippen LogP) is 3.00. The lowest BCUT2D eigenvalue weighted by molar-refractivity contribution is 0.196. The maximum atomic E-state index is 10.4. The summed E-state index contributed by atoms with van der Waals surface area (Å²) in [5.74, 6) is 0. The van der Waals surface area contributed by atoms with Crippen molar-refractivity contribution in [3.8, 4) is 0 Å². The Balaban J connectivity index is 2.25. The second-order valence-corrected chi connectivity index (χ2v) is 4.66. The fourth-order valence-corrected chi connectivity index (χ4v) is 2.43. The van der Waals surface area contributed by atoms with Gasteiger partial charge in [0, 0.05) is 6.54 Å².